The van der Waals surface area contributed by atoms with Crippen molar-refractivity contribution in [3.63, 3.8) is 0 Å². The predicted octanol–water partition coefficient (Wildman–Crippen LogP) is 4.05. The average Bonchev–Trinajstić information content (AvgIpc) is 3.60. The van der Waals surface area contributed by atoms with Crippen molar-refractivity contribution in [2.75, 3.05) is 6.54 Å². The third kappa shape index (κ3) is 4.93. The van der Waals surface area contributed by atoms with E-state index in [-0.39, 0.29) is 11.9 Å². The summed E-state index contributed by atoms with van der Waals surface area (Å²) in [5.74, 6) is 0.397. The zero-order valence-electron chi connectivity index (χ0n) is 22.1. The maximum atomic E-state index is 13.5. The number of carboxylic acid groups (broad SMARTS) is 1. The molecular formula is C28H33BN4O5. The van der Waals surface area contributed by atoms with Crippen molar-refractivity contribution in [2.24, 2.45) is 0 Å². The van der Waals surface area contributed by atoms with Crippen molar-refractivity contribution >= 4 is 24.6 Å². The van der Waals surface area contributed by atoms with Gasteiger partial charge in [0.2, 0.25) is 0 Å². The fourth-order valence-corrected chi connectivity index (χ4v) is 4.99. The van der Waals surface area contributed by atoms with Crippen molar-refractivity contribution in [3.05, 3.63) is 72.2 Å². The van der Waals surface area contributed by atoms with Crippen LogP contribution in [0.15, 0.2) is 60.8 Å². The van der Waals surface area contributed by atoms with E-state index in [2.05, 4.69) is 15.3 Å². The number of imidazole rings is 1. The van der Waals surface area contributed by atoms with E-state index >= 15 is 0 Å². The molecule has 5 rings (SSSR count). The monoisotopic (exact) mass is 516 g/mol. The summed E-state index contributed by atoms with van der Waals surface area (Å²) in [5, 5.41) is 11.8. The van der Waals surface area contributed by atoms with Crippen molar-refractivity contribution < 1.29 is 24.0 Å². The van der Waals surface area contributed by atoms with E-state index in [9.17, 15) is 14.7 Å². The molecule has 38 heavy (non-hydrogen) atoms. The SMILES string of the molecule is CC1(C)OB(c2ccc(-c3cnc([C@@H]4CCCN4C(=O)[C@H](NC(=O)O)c4ccccc4)[nH]3)cc2)OC1(C)C. The highest BCUT2D eigenvalue weighted by atomic mass is 16.7. The van der Waals surface area contributed by atoms with Crippen molar-refractivity contribution in [2.45, 2.75) is 63.8 Å². The highest BCUT2D eigenvalue weighted by Gasteiger charge is 2.51. The molecule has 3 N–H and O–H groups in total. The molecule has 198 valence electrons. The number of amides is 2. The standard InChI is InChI=1S/C28H33BN4O5/c1-27(2)28(3,4)38-29(37-27)20-14-12-18(13-15-20)21-17-30-24(31-21)22-11-8-16-33(22)25(34)23(32-26(35)36)19-9-6-5-7-10-19/h5-7,9-10,12-15,17,22-23,32H,8,11,16H2,1-4H3,(H,30,31)(H,35,36)/t22-,23+/m0/s1. The van der Waals surface area contributed by atoms with Crippen LogP contribution in [0.25, 0.3) is 11.3 Å². The van der Waals surface area contributed by atoms with E-state index in [1.807, 2.05) is 58.0 Å². The van der Waals surface area contributed by atoms with Crippen LogP contribution in [0.5, 0.6) is 0 Å². The third-order valence-electron chi connectivity index (χ3n) is 7.84. The minimum atomic E-state index is -1.24. The predicted molar refractivity (Wildman–Crippen MR) is 144 cm³/mol. The van der Waals surface area contributed by atoms with Gasteiger partial charge < -0.3 is 29.6 Å². The van der Waals surface area contributed by atoms with Crippen LogP contribution in [0.4, 0.5) is 4.79 Å². The van der Waals surface area contributed by atoms with E-state index in [0.717, 1.165) is 29.6 Å². The van der Waals surface area contributed by atoms with Gasteiger partial charge in [-0.05, 0) is 57.1 Å². The summed E-state index contributed by atoms with van der Waals surface area (Å²) in [6, 6.07) is 15.6. The number of benzene rings is 2. The van der Waals surface area contributed by atoms with Gasteiger partial charge in [0.1, 0.15) is 11.9 Å². The Labute approximate surface area is 222 Å². The van der Waals surface area contributed by atoms with Crippen LogP contribution in [0.1, 0.15) is 64.0 Å². The van der Waals surface area contributed by atoms with E-state index in [4.69, 9.17) is 9.31 Å². The zero-order chi connectivity index (χ0) is 27.1. The number of rotatable bonds is 6. The molecule has 2 amide bonds. The maximum Gasteiger partial charge on any atom is 0.494 e. The first-order valence-electron chi connectivity index (χ1n) is 12.9. The summed E-state index contributed by atoms with van der Waals surface area (Å²) < 4.78 is 12.3. The van der Waals surface area contributed by atoms with Crippen LogP contribution in [-0.4, -0.2) is 56.8 Å². The van der Waals surface area contributed by atoms with Crippen LogP contribution >= 0.6 is 0 Å². The number of carbonyl (C=O) groups is 2. The second-order valence-corrected chi connectivity index (χ2v) is 10.9. The molecule has 0 bridgehead atoms. The Morgan fingerprint density at radius 3 is 2.37 bits per heavy atom. The van der Waals surface area contributed by atoms with Gasteiger partial charge in [-0.3, -0.25) is 4.79 Å². The summed E-state index contributed by atoms with van der Waals surface area (Å²) in [4.78, 5) is 34.7. The fraction of sp³-hybridized carbons (Fsp3) is 0.393. The van der Waals surface area contributed by atoms with Crippen LogP contribution in [-0.2, 0) is 14.1 Å². The zero-order valence-corrected chi connectivity index (χ0v) is 22.1. The summed E-state index contributed by atoms with van der Waals surface area (Å²) in [6.07, 6.45) is 2.08. The number of likely N-dealkylation sites (tertiary alicyclic amines) is 1. The third-order valence-corrected chi connectivity index (χ3v) is 7.84. The molecule has 2 aliphatic heterocycles. The van der Waals surface area contributed by atoms with Crippen LogP contribution < -0.4 is 10.8 Å². The van der Waals surface area contributed by atoms with E-state index in [0.29, 0.717) is 17.9 Å². The normalized spacial score (nSPS) is 20.9. The molecule has 2 aromatic carbocycles. The highest BCUT2D eigenvalue weighted by Crippen LogP contribution is 2.37. The van der Waals surface area contributed by atoms with Gasteiger partial charge >= 0.3 is 13.2 Å². The molecule has 2 fully saturated rings. The Bertz CT molecular complexity index is 1290. The number of aromatic nitrogens is 2. The van der Waals surface area contributed by atoms with Crippen LogP contribution in [0.3, 0.4) is 0 Å². The molecule has 1 aromatic heterocycles. The van der Waals surface area contributed by atoms with Gasteiger partial charge in [-0.2, -0.15) is 0 Å². The quantitative estimate of drug-likeness (QED) is 0.426. The lowest BCUT2D eigenvalue weighted by atomic mass is 9.79. The van der Waals surface area contributed by atoms with Gasteiger partial charge in [0.05, 0.1) is 29.1 Å². The summed E-state index contributed by atoms with van der Waals surface area (Å²) in [6.45, 7) is 8.66. The summed E-state index contributed by atoms with van der Waals surface area (Å²) in [7, 11) is -0.429. The molecule has 0 aliphatic carbocycles. The minimum absolute atomic E-state index is 0.262. The van der Waals surface area contributed by atoms with Crippen molar-refractivity contribution in [1.29, 1.82) is 0 Å². The summed E-state index contributed by atoms with van der Waals surface area (Å²) in [5.41, 5.74) is 2.53. The fourth-order valence-electron chi connectivity index (χ4n) is 4.99. The lowest BCUT2D eigenvalue weighted by Gasteiger charge is -2.32. The van der Waals surface area contributed by atoms with Crippen LogP contribution in [0.2, 0.25) is 0 Å². The first kappa shape index (κ1) is 26.0. The number of hydrogen-bond donors (Lipinski definition) is 3. The highest BCUT2D eigenvalue weighted by molar-refractivity contribution is 6.62. The average molecular weight is 516 g/mol. The van der Waals surface area contributed by atoms with Gasteiger partial charge in [0.15, 0.2) is 0 Å². The molecular weight excluding hydrogens is 483 g/mol. The smallest absolute Gasteiger partial charge is 0.465 e. The number of nitrogens with zero attached hydrogens (tertiary/aromatic N) is 2. The Morgan fingerprint density at radius 1 is 1.08 bits per heavy atom. The molecule has 3 aromatic rings. The van der Waals surface area contributed by atoms with Crippen molar-refractivity contribution in [3.8, 4) is 11.3 Å². The first-order valence-corrected chi connectivity index (χ1v) is 12.9. The van der Waals surface area contributed by atoms with Crippen molar-refractivity contribution in [1.82, 2.24) is 20.2 Å². The van der Waals surface area contributed by atoms with Gasteiger partial charge in [-0.25, -0.2) is 9.78 Å². The molecule has 9 nitrogen and oxygen atoms in total. The number of hydrogen-bond acceptors (Lipinski definition) is 5. The lowest BCUT2D eigenvalue weighted by molar-refractivity contribution is -0.134. The van der Waals surface area contributed by atoms with E-state index < -0.39 is 30.5 Å². The Morgan fingerprint density at radius 2 is 1.74 bits per heavy atom. The van der Waals surface area contributed by atoms with E-state index in [1.54, 1.807) is 35.4 Å². The van der Waals surface area contributed by atoms with Gasteiger partial charge in [0.25, 0.3) is 5.91 Å². The van der Waals surface area contributed by atoms with Gasteiger partial charge in [-0.1, -0.05) is 54.6 Å². The number of aromatic amines is 1. The summed E-state index contributed by atoms with van der Waals surface area (Å²) >= 11 is 0. The topological polar surface area (TPSA) is 117 Å². The number of carbonyl (C=O) groups excluding carboxylic acids is 1. The molecule has 2 saturated heterocycles. The molecule has 3 heterocycles. The Balaban J connectivity index is 1.33. The Hall–Kier alpha value is -3.63. The maximum absolute atomic E-state index is 13.5. The van der Waals surface area contributed by atoms with Gasteiger partial charge in [0, 0.05) is 6.54 Å². The molecule has 0 spiro atoms. The largest absolute Gasteiger partial charge is 0.494 e. The molecule has 0 radical (unpaired) electrons. The number of nitrogens with one attached hydrogen (secondary N) is 2. The second kappa shape index (κ2) is 9.92. The molecule has 2 aliphatic rings. The minimum Gasteiger partial charge on any atom is -0.465 e. The molecule has 2 atom stereocenters. The van der Waals surface area contributed by atoms with E-state index in [1.165, 1.54) is 0 Å². The molecule has 0 saturated carbocycles. The number of H-pyrrole nitrogens is 1. The second-order valence-electron chi connectivity index (χ2n) is 10.9. The lowest BCUT2D eigenvalue weighted by Crippen LogP contribution is -2.42. The molecule has 10 heteroatoms. The van der Waals surface area contributed by atoms with Crippen LogP contribution in [0, 0.1) is 0 Å². The Kier molecular flexibility index (Phi) is 6.79. The first-order chi connectivity index (χ1) is 18.1. The molecule has 0 unspecified atom stereocenters. The van der Waals surface area contributed by atoms with Gasteiger partial charge in [-0.15, -0.1) is 0 Å².